The number of anilines is 1. The zero-order valence-corrected chi connectivity index (χ0v) is 17.3. The highest BCUT2D eigenvalue weighted by Crippen LogP contribution is 2.43. The Labute approximate surface area is 160 Å². The zero-order chi connectivity index (χ0) is 19.1. The topological polar surface area (TPSA) is 66.8 Å². The number of hydrogen-bond acceptors (Lipinski definition) is 4. The number of hydrogen-bond donors (Lipinski definition) is 0. The van der Waals surface area contributed by atoms with Gasteiger partial charge in [0.1, 0.15) is 0 Å². The number of rotatable bonds is 4. The molecule has 0 unspecified atom stereocenters. The number of aliphatic imine (C=N–C) groups is 1. The van der Waals surface area contributed by atoms with E-state index in [1.807, 2.05) is 36.9 Å². The lowest BCUT2D eigenvalue weighted by atomic mass is 9.99. The lowest BCUT2D eigenvalue weighted by molar-refractivity contribution is -0.121. The second-order valence-corrected chi connectivity index (χ2v) is 10.8. The number of benzene rings is 1. The van der Waals surface area contributed by atoms with Crippen LogP contribution in [0.4, 0.5) is 5.69 Å². The van der Waals surface area contributed by atoms with E-state index >= 15 is 0 Å². The van der Waals surface area contributed by atoms with Gasteiger partial charge in [-0.3, -0.25) is 4.79 Å². The molecule has 1 aromatic rings. The standard InChI is InChI=1S/C19H26N2O3S2/c1-5-13(4)18(22)20-19-21(15-9-7-6-8-14(15)12(2)3)16-10-26(23,24)11-17(16)25-19/h6-9,12-13,16-17H,5,10-11H2,1-4H3/t13-,16-,17+/m1/s1. The molecule has 3 rings (SSSR count). The van der Waals surface area contributed by atoms with Crippen LogP contribution in [0.3, 0.4) is 0 Å². The Kier molecular flexibility index (Phi) is 5.49. The number of para-hydroxylation sites is 1. The number of amides is 1. The molecule has 0 spiro atoms. The quantitative estimate of drug-likeness (QED) is 0.782. The van der Waals surface area contributed by atoms with Crippen LogP contribution in [0.15, 0.2) is 29.3 Å². The summed E-state index contributed by atoms with van der Waals surface area (Å²) in [5.74, 6) is 0.298. The molecule has 7 heteroatoms. The molecule has 0 N–H and O–H groups in total. The lowest BCUT2D eigenvalue weighted by Crippen LogP contribution is -2.38. The molecule has 5 nitrogen and oxygen atoms in total. The number of carbonyl (C=O) groups is 1. The van der Waals surface area contributed by atoms with Gasteiger partial charge in [0, 0.05) is 16.9 Å². The van der Waals surface area contributed by atoms with Crippen molar-refractivity contribution in [3.63, 3.8) is 0 Å². The molecule has 2 heterocycles. The molecule has 0 bridgehead atoms. The van der Waals surface area contributed by atoms with E-state index in [9.17, 15) is 13.2 Å². The van der Waals surface area contributed by atoms with Gasteiger partial charge < -0.3 is 4.90 Å². The highest BCUT2D eigenvalue weighted by Gasteiger charge is 2.49. The summed E-state index contributed by atoms with van der Waals surface area (Å²) < 4.78 is 24.4. The molecule has 2 fully saturated rings. The molecule has 0 radical (unpaired) electrons. The first-order valence-electron chi connectivity index (χ1n) is 9.11. The van der Waals surface area contributed by atoms with E-state index in [2.05, 4.69) is 24.9 Å². The van der Waals surface area contributed by atoms with Gasteiger partial charge in [-0.15, -0.1) is 0 Å². The van der Waals surface area contributed by atoms with Crippen molar-refractivity contribution in [2.24, 2.45) is 10.9 Å². The van der Waals surface area contributed by atoms with E-state index in [0.29, 0.717) is 11.1 Å². The minimum absolute atomic E-state index is 0.0660. The van der Waals surface area contributed by atoms with Crippen molar-refractivity contribution in [2.45, 2.75) is 51.3 Å². The minimum Gasteiger partial charge on any atom is -0.315 e. The molecule has 1 aromatic carbocycles. The minimum atomic E-state index is -3.05. The van der Waals surface area contributed by atoms with Crippen molar-refractivity contribution in [1.82, 2.24) is 0 Å². The van der Waals surface area contributed by atoms with E-state index in [0.717, 1.165) is 17.7 Å². The van der Waals surface area contributed by atoms with E-state index in [1.54, 1.807) is 0 Å². The van der Waals surface area contributed by atoms with Crippen molar-refractivity contribution in [2.75, 3.05) is 16.4 Å². The molecule has 0 aromatic heterocycles. The largest absolute Gasteiger partial charge is 0.315 e. The van der Waals surface area contributed by atoms with Gasteiger partial charge in [-0.05, 0) is 24.0 Å². The molecule has 3 atom stereocenters. The maximum absolute atomic E-state index is 12.4. The summed E-state index contributed by atoms with van der Waals surface area (Å²) in [4.78, 5) is 18.8. The SMILES string of the molecule is CC[C@@H](C)C(=O)N=C1S[C@H]2CS(=O)(=O)C[C@H]2N1c1ccccc1C(C)C. The van der Waals surface area contributed by atoms with Crippen LogP contribution in [0.25, 0.3) is 0 Å². The molecule has 0 saturated carbocycles. The number of sulfone groups is 1. The fourth-order valence-corrected chi connectivity index (χ4v) is 7.33. The molecule has 142 valence electrons. The summed E-state index contributed by atoms with van der Waals surface area (Å²) in [7, 11) is -3.05. The number of fused-ring (bicyclic) bond motifs is 1. The second kappa shape index (κ2) is 7.35. The van der Waals surface area contributed by atoms with Gasteiger partial charge >= 0.3 is 0 Å². The van der Waals surface area contributed by atoms with E-state index in [1.165, 1.54) is 11.8 Å². The Morgan fingerprint density at radius 3 is 2.62 bits per heavy atom. The Bertz CT molecular complexity index is 833. The Morgan fingerprint density at radius 1 is 1.27 bits per heavy atom. The van der Waals surface area contributed by atoms with Crippen LogP contribution < -0.4 is 4.90 Å². The average Bonchev–Trinajstić information content (AvgIpc) is 3.04. The summed E-state index contributed by atoms with van der Waals surface area (Å²) in [5.41, 5.74) is 2.11. The van der Waals surface area contributed by atoms with Crippen LogP contribution in [0.2, 0.25) is 0 Å². The van der Waals surface area contributed by atoms with Crippen LogP contribution in [0, 0.1) is 5.92 Å². The van der Waals surface area contributed by atoms with Crippen molar-refractivity contribution >= 4 is 38.4 Å². The van der Waals surface area contributed by atoms with Gasteiger partial charge in [-0.25, -0.2) is 8.42 Å². The molecule has 2 aliphatic heterocycles. The fraction of sp³-hybridized carbons (Fsp3) is 0.579. The first-order valence-corrected chi connectivity index (χ1v) is 11.8. The number of carbonyl (C=O) groups excluding carboxylic acids is 1. The Hall–Kier alpha value is -1.34. The molecule has 1 amide bonds. The summed E-state index contributed by atoms with van der Waals surface area (Å²) in [5, 5.41) is 0.581. The predicted molar refractivity (Wildman–Crippen MR) is 109 cm³/mol. The van der Waals surface area contributed by atoms with E-state index in [4.69, 9.17) is 0 Å². The zero-order valence-electron chi connectivity index (χ0n) is 15.7. The lowest BCUT2D eigenvalue weighted by Gasteiger charge is -2.28. The van der Waals surface area contributed by atoms with Gasteiger partial charge in [-0.2, -0.15) is 4.99 Å². The number of thioether (sulfide) groups is 1. The van der Waals surface area contributed by atoms with Crippen LogP contribution in [-0.2, 0) is 14.6 Å². The Morgan fingerprint density at radius 2 is 1.96 bits per heavy atom. The van der Waals surface area contributed by atoms with Gasteiger partial charge in [0.2, 0.25) is 0 Å². The van der Waals surface area contributed by atoms with Gasteiger partial charge in [-0.1, -0.05) is 57.7 Å². The third kappa shape index (κ3) is 3.69. The van der Waals surface area contributed by atoms with Crippen LogP contribution in [-0.4, -0.2) is 42.3 Å². The monoisotopic (exact) mass is 394 g/mol. The maximum atomic E-state index is 12.4. The van der Waals surface area contributed by atoms with E-state index in [-0.39, 0.29) is 34.6 Å². The average molecular weight is 395 g/mol. The molecular formula is C19H26N2O3S2. The van der Waals surface area contributed by atoms with Crippen molar-refractivity contribution in [1.29, 1.82) is 0 Å². The summed E-state index contributed by atoms with van der Waals surface area (Å²) >= 11 is 1.44. The van der Waals surface area contributed by atoms with Gasteiger partial charge in [0.15, 0.2) is 15.0 Å². The number of amidine groups is 1. The molecule has 2 aliphatic rings. The van der Waals surface area contributed by atoms with Crippen LogP contribution in [0.5, 0.6) is 0 Å². The van der Waals surface area contributed by atoms with Crippen molar-refractivity contribution in [3.05, 3.63) is 29.8 Å². The third-order valence-electron chi connectivity index (χ3n) is 5.12. The first-order chi connectivity index (χ1) is 12.2. The van der Waals surface area contributed by atoms with Crippen LogP contribution in [0.1, 0.15) is 45.6 Å². The molecule has 26 heavy (non-hydrogen) atoms. The maximum Gasteiger partial charge on any atom is 0.250 e. The molecular weight excluding hydrogens is 368 g/mol. The smallest absolute Gasteiger partial charge is 0.250 e. The second-order valence-electron chi connectivity index (χ2n) is 7.43. The predicted octanol–water partition coefficient (Wildman–Crippen LogP) is 3.46. The van der Waals surface area contributed by atoms with Crippen molar-refractivity contribution < 1.29 is 13.2 Å². The highest BCUT2D eigenvalue weighted by atomic mass is 32.2. The number of nitrogens with zero attached hydrogens (tertiary/aromatic N) is 2. The van der Waals surface area contributed by atoms with Gasteiger partial charge in [0.05, 0.1) is 17.5 Å². The summed E-state index contributed by atoms with van der Waals surface area (Å²) in [6, 6.07) is 7.86. The summed E-state index contributed by atoms with van der Waals surface area (Å²) in [6.07, 6.45) is 0.740. The van der Waals surface area contributed by atoms with E-state index < -0.39 is 9.84 Å². The molecule has 2 saturated heterocycles. The normalized spacial score (nSPS) is 27.1. The Balaban J connectivity index is 2.07. The van der Waals surface area contributed by atoms with Crippen LogP contribution >= 0.6 is 11.8 Å². The summed E-state index contributed by atoms with van der Waals surface area (Å²) in [6.45, 7) is 8.08. The highest BCUT2D eigenvalue weighted by molar-refractivity contribution is 8.16. The van der Waals surface area contributed by atoms with Gasteiger partial charge in [0.25, 0.3) is 5.91 Å². The first kappa shape index (κ1) is 19.4. The fourth-order valence-electron chi connectivity index (χ4n) is 3.42. The van der Waals surface area contributed by atoms with Crippen molar-refractivity contribution in [3.8, 4) is 0 Å². The third-order valence-corrected chi connectivity index (χ3v) is 8.33. The molecule has 0 aliphatic carbocycles.